The van der Waals surface area contributed by atoms with E-state index < -0.39 is 14.2 Å². The maximum Gasteiger partial charge on any atom is 0.137 e. The smallest absolute Gasteiger partial charge is 0.137 e. The summed E-state index contributed by atoms with van der Waals surface area (Å²) in [5.41, 5.74) is 15.1. The molecule has 4 heteroatoms. The second kappa shape index (κ2) is 13.9. The monoisotopic (exact) mass is 801 g/mol. The number of furan rings is 1. The second-order valence-electron chi connectivity index (χ2n) is 16.0. The molecule has 0 aliphatic carbocycles. The van der Waals surface area contributed by atoms with Gasteiger partial charge < -0.3 is 9.32 Å². The van der Waals surface area contributed by atoms with E-state index in [0.29, 0.717) is 0 Å². The van der Waals surface area contributed by atoms with Crippen LogP contribution >= 0.6 is 11.8 Å². The summed E-state index contributed by atoms with van der Waals surface area (Å²) in [7, 11) is -1.80. The fourth-order valence-electron chi connectivity index (χ4n) is 10.3. The molecule has 0 saturated heterocycles. The third kappa shape index (κ3) is 5.21. The average molecular weight is 802 g/mol. The Balaban J connectivity index is 1.12. The zero-order chi connectivity index (χ0) is 39.8. The van der Waals surface area contributed by atoms with Crippen molar-refractivity contribution in [3.8, 4) is 22.3 Å². The average Bonchev–Trinajstić information content (AvgIpc) is 3.69. The Kier molecular flexibility index (Phi) is 8.12. The van der Waals surface area contributed by atoms with Gasteiger partial charge in [-0.3, -0.25) is 0 Å². The van der Waals surface area contributed by atoms with Crippen LogP contribution < -0.4 is 15.3 Å². The summed E-state index contributed by atoms with van der Waals surface area (Å²) in [4.78, 5) is 5.13. The van der Waals surface area contributed by atoms with E-state index in [1.807, 2.05) is 17.8 Å². The van der Waals surface area contributed by atoms with Gasteiger partial charge in [0.2, 0.25) is 0 Å². The van der Waals surface area contributed by atoms with Crippen molar-refractivity contribution in [3.63, 3.8) is 0 Å². The molecule has 2 nitrogen and oxygen atoms in total. The highest BCUT2D eigenvalue weighted by Gasteiger charge is 2.50. The first kappa shape index (κ1) is 35.1. The lowest BCUT2D eigenvalue weighted by Gasteiger charge is -2.48. The Hall–Kier alpha value is -6.85. The Morgan fingerprint density at radius 2 is 1.02 bits per heavy atom. The lowest BCUT2D eigenvalue weighted by Crippen LogP contribution is -2.56. The number of hydrogen-bond acceptors (Lipinski definition) is 3. The van der Waals surface area contributed by atoms with Gasteiger partial charge in [-0.25, -0.2) is 0 Å². The molecule has 1 aromatic heterocycles. The first-order valence-corrected chi connectivity index (χ1v) is 23.9. The van der Waals surface area contributed by atoms with Crippen molar-refractivity contribution in [3.05, 3.63) is 235 Å². The van der Waals surface area contributed by atoms with E-state index in [4.69, 9.17) is 4.42 Å². The van der Waals surface area contributed by atoms with E-state index in [2.05, 4.69) is 218 Å². The van der Waals surface area contributed by atoms with E-state index >= 15 is 0 Å². The minimum Gasteiger partial charge on any atom is -0.456 e. The van der Waals surface area contributed by atoms with Gasteiger partial charge in [0.1, 0.15) is 20.0 Å². The van der Waals surface area contributed by atoms with Gasteiger partial charge >= 0.3 is 0 Å². The van der Waals surface area contributed by atoms with Crippen molar-refractivity contribution in [1.29, 1.82) is 0 Å². The maximum absolute atomic E-state index is 6.58. The van der Waals surface area contributed by atoms with Crippen molar-refractivity contribution in [2.75, 3.05) is 4.90 Å². The van der Waals surface area contributed by atoms with E-state index in [1.165, 1.54) is 70.4 Å². The van der Waals surface area contributed by atoms with Crippen LogP contribution in [0.25, 0.3) is 44.2 Å². The molecule has 60 heavy (non-hydrogen) atoms. The summed E-state index contributed by atoms with van der Waals surface area (Å²) in [6.45, 7) is 2.54. The molecule has 12 rings (SSSR count). The zero-order valence-electron chi connectivity index (χ0n) is 33.0. The van der Waals surface area contributed by atoms with Gasteiger partial charge in [0.05, 0.1) is 5.41 Å². The highest BCUT2D eigenvalue weighted by Crippen LogP contribution is 2.56. The van der Waals surface area contributed by atoms with Gasteiger partial charge in [-0.1, -0.05) is 181 Å². The van der Waals surface area contributed by atoms with Gasteiger partial charge in [0, 0.05) is 43.7 Å². The molecule has 1 spiro atoms. The summed E-state index contributed by atoms with van der Waals surface area (Å²) in [5.74, 6) is 0. The molecule has 0 radical (unpaired) electrons. The maximum atomic E-state index is 6.58. The largest absolute Gasteiger partial charge is 0.456 e. The highest BCUT2D eigenvalue weighted by molar-refractivity contribution is 7.99. The van der Waals surface area contributed by atoms with Gasteiger partial charge in [-0.05, 0) is 98.2 Å². The normalized spacial score (nSPS) is 14.7. The van der Waals surface area contributed by atoms with Crippen molar-refractivity contribution in [2.24, 2.45) is 0 Å². The van der Waals surface area contributed by atoms with Crippen molar-refractivity contribution in [2.45, 2.75) is 21.8 Å². The zero-order valence-corrected chi connectivity index (χ0v) is 35.0. The molecule has 0 amide bonds. The van der Waals surface area contributed by atoms with E-state index in [-0.39, 0.29) is 0 Å². The number of benzene rings is 9. The Morgan fingerprint density at radius 3 is 1.77 bits per heavy atom. The Bertz CT molecular complexity index is 3230. The predicted molar refractivity (Wildman–Crippen MR) is 254 cm³/mol. The molecule has 1 atom stereocenters. The Morgan fingerprint density at radius 1 is 0.450 bits per heavy atom. The standard InChI is InChI=1S/C56H39NOSSi/c1-60-54-29-14-10-23-47(54)56(45-21-8-12-27-52(45)59-53-28-13-9-22-46(53)56)48-24-15-25-49(55(48)60)57(40-34-35-44-43-20-7-11-26-50(43)58-51(44)36-40)39-32-30-38(31-33-39)42-19-6-5-18-41(42)37-16-3-2-4-17-37/h2-36,60H,1H3. The lowest BCUT2D eigenvalue weighted by molar-refractivity contribution is 0.669. The predicted octanol–water partition coefficient (Wildman–Crippen LogP) is 13.5. The summed E-state index contributed by atoms with van der Waals surface area (Å²) < 4.78 is 6.58. The highest BCUT2D eigenvalue weighted by atomic mass is 32.2. The third-order valence-corrected chi connectivity index (χ3v) is 16.9. The van der Waals surface area contributed by atoms with Crippen molar-refractivity contribution in [1.82, 2.24) is 0 Å². The molecule has 3 heterocycles. The van der Waals surface area contributed by atoms with E-state index in [1.54, 1.807) is 0 Å². The number of fused-ring (bicyclic) bond motifs is 11. The van der Waals surface area contributed by atoms with Crippen LogP contribution in [0.15, 0.2) is 227 Å². The number of para-hydroxylation sites is 1. The molecular formula is C56H39NOSSi. The summed E-state index contributed by atoms with van der Waals surface area (Å²) in [6.07, 6.45) is 0. The minimum atomic E-state index is -1.80. The molecule has 284 valence electrons. The molecule has 0 fully saturated rings. The van der Waals surface area contributed by atoms with Crippen LogP contribution in [-0.2, 0) is 5.41 Å². The quantitative estimate of drug-likeness (QED) is 0.161. The number of nitrogens with zero attached hydrogens (tertiary/aromatic N) is 1. The van der Waals surface area contributed by atoms with Crippen LogP contribution in [0.5, 0.6) is 0 Å². The molecule has 0 saturated carbocycles. The van der Waals surface area contributed by atoms with Crippen LogP contribution in [0.2, 0.25) is 6.55 Å². The van der Waals surface area contributed by atoms with E-state index in [0.717, 1.165) is 33.3 Å². The minimum absolute atomic E-state index is 0.473. The lowest BCUT2D eigenvalue weighted by atomic mass is 9.64. The number of anilines is 3. The third-order valence-electron chi connectivity index (χ3n) is 12.9. The van der Waals surface area contributed by atoms with Gasteiger partial charge in [-0.15, -0.1) is 0 Å². The van der Waals surface area contributed by atoms with Crippen LogP contribution in [0.3, 0.4) is 0 Å². The molecule has 2 aliphatic heterocycles. The van der Waals surface area contributed by atoms with Gasteiger partial charge in [-0.2, -0.15) is 0 Å². The molecule has 9 aromatic carbocycles. The fourth-order valence-corrected chi connectivity index (χ4v) is 14.4. The molecule has 1 unspecified atom stereocenters. The molecule has 10 aromatic rings. The fraction of sp³-hybridized carbons (Fsp3) is 0.0357. The molecule has 2 aliphatic rings. The molecular weight excluding hydrogens is 763 g/mol. The first-order chi connectivity index (χ1) is 29.7. The van der Waals surface area contributed by atoms with E-state index in [9.17, 15) is 0 Å². The first-order valence-electron chi connectivity index (χ1n) is 20.7. The summed E-state index contributed by atoms with van der Waals surface area (Å²) in [5, 5.41) is 5.22. The Labute approximate surface area is 356 Å². The van der Waals surface area contributed by atoms with Crippen LogP contribution in [0.4, 0.5) is 17.1 Å². The number of hydrogen-bond donors (Lipinski definition) is 0. The van der Waals surface area contributed by atoms with Crippen LogP contribution in [-0.4, -0.2) is 8.80 Å². The molecule has 0 N–H and O–H groups in total. The summed E-state index contributed by atoms with van der Waals surface area (Å²) >= 11 is 1.90. The van der Waals surface area contributed by atoms with Crippen molar-refractivity contribution >= 4 is 69.9 Å². The molecule has 0 bridgehead atoms. The summed E-state index contributed by atoms with van der Waals surface area (Å²) in [6, 6.07) is 78.4. The van der Waals surface area contributed by atoms with Crippen LogP contribution in [0.1, 0.15) is 22.3 Å². The van der Waals surface area contributed by atoms with Gasteiger partial charge in [0.25, 0.3) is 0 Å². The SMILES string of the molecule is C[SiH]1c2ccccc2C2(c3ccccc3Sc3ccccc32)c2cccc(N(c3ccc(-c4ccccc4-c4ccccc4)cc3)c3ccc4c(c3)oc3ccccc34)c21. The van der Waals surface area contributed by atoms with Crippen LogP contribution in [0, 0.1) is 0 Å². The number of rotatable bonds is 5. The van der Waals surface area contributed by atoms with Gasteiger partial charge in [0.15, 0.2) is 0 Å². The van der Waals surface area contributed by atoms with Crippen molar-refractivity contribution < 1.29 is 4.42 Å². The topological polar surface area (TPSA) is 16.4 Å². The second-order valence-corrected chi connectivity index (χ2v) is 19.7.